The van der Waals surface area contributed by atoms with Gasteiger partial charge in [0.05, 0.1) is 5.71 Å². The van der Waals surface area contributed by atoms with E-state index < -0.39 is 12.0 Å². The van der Waals surface area contributed by atoms with Crippen LogP contribution in [0.3, 0.4) is 0 Å². The van der Waals surface area contributed by atoms with Crippen molar-refractivity contribution in [3.05, 3.63) is 11.6 Å². The molecule has 0 radical (unpaired) electrons. The lowest BCUT2D eigenvalue weighted by Gasteiger charge is -2.58. The summed E-state index contributed by atoms with van der Waals surface area (Å²) in [5.41, 5.74) is 2.71. The highest BCUT2D eigenvalue weighted by Crippen LogP contribution is 2.66. The number of carboxylic acids is 1. The van der Waals surface area contributed by atoms with Gasteiger partial charge in [-0.1, -0.05) is 24.6 Å². The second-order valence-electron chi connectivity index (χ2n) is 12.2. The smallest absolute Gasteiger partial charge is 0.326 e. The maximum Gasteiger partial charge on any atom is 0.326 e. The Balaban J connectivity index is 1.24. The van der Waals surface area contributed by atoms with Gasteiger partial charge in [-0.2, -0.15) is 0 Å². The molecule has 4 aliphatic carbocycles. The lowest BCUT2D eigenvalue weighted by Crippen LogP contribution is -2.51. The number of carbonyl (C=O) groups excluding carboxylic acids is 2. The van der Waals surface area contributed by atoms with E-state index in [1.54, 1.807) is 6.92 Å². The standard InChI is InChI=1S/C28H40N2O5/c1-17(31)21-8-9-22-20-7-6-18-15-19(10-12-27(18,2)23(20)11-13-28(21,22)3)29-35-16-25(32)30-14-4-5-24(30)26(33)34/h15,20-24H,4-14,16H2,1-3H3,(H,33,34)/b29-19+/t20-,21+,22-,23-,24-,27-,28+/m0/s1. The molecular weight excluding hydrogens is 444 g/mol. The first-order chi connectivity index (χ1) is 16.6. The zero-order valence-electron chi connectivity index (χ0n) is 21.4. The van der Waals surface area contributed by atoms with Crippen LogP contribution in [-0.4, -0.2) is 52.6 Å². The second-order valence-corrected chi connectivity index (χ2v) is 12.2. The van der Waals surface area contributed by atoms with Crippen molar-refractivity contribution in [1.82, 2.24) is 4.90 Å². The molecule has 5 aliphatic rings. The van der Waals surface area contributed by atoms with Gasteiger partial charge in [0.2, 0.25) is 0 Å². The van der Waals surface area contributed by atoms with E-state index in [0.717, 1.165) is 37.8 Å². The van der Waals surface area contributed by atoms with Crippen LogP contribution in [0.2, 0.25) is 0 Å². The number of hydrogen-bond acceptors (Lipinski definition) is 5. The van der Waals surface area contributed by atoms with Crippen molar-refractivity contribution in [3.63, 3.8) is 0 Å². The van der Waals surface area contributed by atoms with Crippen LogP contribution in [0, 0.1) is 34.5 Å². The Bertz CT molecular complexity index is 972. The lowest BCUT2D eigenvalue weighted by atomic mass is 9.46. The summed E-state index contributed by atoms with van der Waals surface area (Å²) in [6, 6.07) is -0.741. The molecule has 3 saturated carbocycles. The van der Waals surface area contributed by atoms with Gasteiger partial charge in [0.15, 0.2) is 6.61 Å². The van der Waals surface area contributed by atoms with Crippen LogP contribution in [-0.2, 0) is 19.2 Å². The van der Waals surface area contributed by atoms with Crippen molar-refractivity contribution in [2.24, 2.45) is 39.7 Å². The molecule has 4 fully saturated rings. The molecule has 1 N–H and O–H groups in total. The number of aliphatic carboxylic acids is 1. The first kappa shape index (κ1) is 24.5. The highest BCUT2D eigenvalue weighted by atomic mass is 16.6. The fourth-order valence-electron chi connectivity index (χ4n) is 8.89. The van der Waals surface area contributed by atoms with Gasteiger partial charge in [-0.25, -0.2) is 4.79 Å². The molecule has 0 aromatic carbocycles. The van der Waals surface area contributed by atoms with Crippen LogP contribution >= 0.6 is 0 Å². The van der Waals surface area contributed by atoms with Crippen molar-refractivity contribution >= 4 is 23.4 Å². The topological polar surface area (TPSA) is 96.3 Å². The summed E-state index contributed by atoms with van der Waals surface area (Å²) in [6.07, 6.45) is 12.2. The highest BCUT2D eigenvalue weighted by molar-refractivity contribution is 5.96. The number of ketones is 1. The van der Waals surface area contributed by atoms with E-state index in [4.69, 9.17) is 4.84 Å². The minimum absolute atomic E-state index is 0.178. The van der Waals surface area contributed by atoms with Crippen molar-refractivity contribution in [2.45, 2.75) is 91.0 Å². The molecule has 7 heteroatoms. The minimum Gasteiger partial charge on any atom is -0.480 e. The molecule has 0 aromatic rings. The fourth-order valence-corrected chi connectivity index (χ4v) is 8.89. The van der Waals surface area contributed by atoms with Crippen LogP contribution in [0.5, 0.6) is 0 Å². The zero-order valence-corrected chi connectivity index (χ0v) is 21.4. The highest BCUT2D eigenvalue weighted by Gasteiger charge is 2.59. The Morgan fingerprint density at radius 3 is 2.63 bits per heavy atom. The van der Waals surface area contributed by atoms with E-state index in [-0.39, 0.29) is 29.3 Å². The van der Waals surface area contributed by atoms with Crippen LogP contribution < -0.4 is 0 Å². The van der Waals surface area contributed by atoms with Gasteiger partial charge in [0.1, 0.15) is 11.8 Å². The fraction of sp³-hybridized carbons (Fsp3) is 0.786. The van der Waals surface area contributed by atoms with E-state index in [1.807, 2.05) is 0 Å². The predicted molar refractivity (Wildman–Crippen MR) is 132 cm³/mol. The number of fused-ring (bicyclic) bond motifs is 5. The minimum atomic E-state index is -0.952. The SMILES string of the molecule is CC(=O)[C@H]1CC[C@H]2[C@@H]3CCC4=C/C(=N/OCC(=O)N5CCC[C@H]5C(=O)O)CC[C@]4(C)[C@H]3CC[C@]12C. The number of oxime groups is 1. The molecular formula is C28H40N2O5. The lowest BCUT2D eigenvalue weighted by molar-refractivity contribution is -0.150. The average molecular weight is 485 g/mol. The maximum atomic E-state index is 12.5. The summed E-state index contributed by atoms with van der Waals surface area (Å²) in [5, 5.41) is 13.6. The molecule has 5 rings (SSSR count). The average Bonchev–Trinajstić information content (AvgIpc) is 3.44. The number of carboxylic acid groups (broad SMARTS) is 1. The van der Waals surface area contributed by atoms with Gasteiger partial charge in [-0.15, -0.1) is 0 Å². The number of rotatable bonds is 5. The summed E-state index contributed by atoms with van der Waals surface area (Å²) in [4.78, 5) is 43.0. The molecule has 1 amide bonds. The molecule has 7 atom stereocenters. The number of amides is 1. The molecule has 0 aromatic heterocycles. The molecule has 1 aliphatic heterocycles. The van der Waals surface area contributed by atoms with Gasteiger partial charge in [0, 0.05) is 12.5 Å². The van der Waals surface area contributed by atoms with Crippen LogP contribution in [0.1, 0.15) is 85.0 Å². The van der Waals surface area contributed by atoms with Gasteiger partial charge >= 0.3 is 5.97 Å². The Labute approximate surface area is 208 Å². The van der Waals surface area contributed by atoms with Crippen LogP contribution in [0.15, 0.2) is 16.8 Å². The monoisotopic (exact) mass is 484 g/mol. The van der Waals surface area contributed by atoms with E-state index in [2.05, 4.69) is 25.1 Å². The zero-order chi connectivity index (χ0) is 25.0. The van der Waals surface area contributed by atoms with Crippen molar-refractivity contribution < 1.29 is 24.3 Å². The molecule has 0 unspecified atom stereocenters. The molecule has 192 valence electrons. The summed E-state index contributed by atoms with van der Waals surface area (Å²) in [7, 11) is 0. The van der Waals surface area contributed by atoms with Crippen molar-refractivity contribution in [3.8, 4) is 0 Å². The Kier molecular flexibility index (Phi) is 6.33. The van der Waals surface area contributed by atoms with Crippen LogP contribution in [0.25, 0.3) is 0 Å². The first-order valence-corrected chi connectivity index (χ1v) is 13.6. The third-order valence-electron chi connectivity index (χ3n) is 10.7. The van der Waals surface area contributed by atoms with E-state index in [9.17, 15) is 19.5 Å². The summed E-state index contributed by atoms with van der Waals surface area (Å²) < 4.78 is 0. The van der Waals surface area contributed by atoms with E-state index >= 15 is 0 Å². The molecule has 1 saturated heterocycles. The number of Topliss-reactive ketones (excluding diaryl/α,β-unsaturated/α-hetero) is 1. The molecule has 1 heterocycles. The third-order valence-corrected chi connectivity index (χ3v) is 10.7. The Morgan fingerprint density at radius 1 is 1.09 bits per heavy atom. The quantitative estimate of drug-likeness (QED) is 0.575. The van der Waals surface area contributed by atoms with E-state index in [0.29, 0.717) is 42.9 Å². The molecule has 7 nitrogen and oxygen atoms in total. The maximum absolute atomic E-state index is 12.5. The summed E-state index contributed by atoms with van der Waals surface area (Å²) in [6.45, 7) is 6.88. The number of hydrogen-bond donors (Lipinski definition) is 1. The second kappa shape index (κ2) is 9.04. The normalized spacial score (nSPS) is 41.6. The van der Waals surface area contributed by atoms with Gasteiger partial charge in [0.25, 0.3) is 5.91 Å². The molecule has 35 heavy (non-hydrogen) atoms. The first-order valence-electron chi connectivity index (χ1n) is 13.6. The molecule has 0 spiro atoms. The van der Waals surface area contributed by atoms with E-state index in [1.165, 1.54) is 29.7 Å². The van der Waals surface area contributed by atoms with Crippen LogP contribution in [0.4, 0.5) is 0 Å². The van der Waals surface area contributed by atoms with Gasteiger partial charge in [-0.3, -0.25) is 9.59 Å². The van der Waals surface area contributed by atoms with Gasteiger partial charge in [-0.05, 0) is 106 Å². The number of nitrogens with zero attached hydrogens (tertiary/aromatic N) is 2. The van der Waals surface area contributed by atoms with Gasteiger partial charge < -0.3 is 14.8 Å². The number of likely N-dealkylation sites (tertiary alicyclic amines) is 1. The number of allylic oxidation sites excluding steroid dienone is 2. The third kappa shape index (κ3) is 4.03. The predicted octanol–water partition coefficient (Wildman–Crippen LogP) is 4.60. The largest absolute Gasteiger partial charge is 0.480 e. The Morgan fingerprint density at radius 2 is 1.89 bits per heavy atom. The number of carbonyl (C=O) groups is 3. The summed E-state index contributed by atoms with van der Waals surface area (Å²) >= 11 is 0. The molecule has 0 bridgehead atoms. The van der Waals surface area contributed by atoms with Crippen molar-refractivity contribution in [2.75, 3.05) is 13.2 Å². The Hall–Kier alpha value is -2.18. The van der Waals surface area contributed by atoms with Crippen molar-refractivity contribution in [1.29, 1.82) is 0 Å². The summed E-state index contributed by atoms with van der Waals surface area (Å²) in [5.74, 6) is 1.41.